The summed E-state index contributed by atoms with van der Waals surface area (Å²) in [5.41, 5.74) is 0.376. The van der Waals surface area contributed by atoms with Crippen LogP contribution in [-0.2, 0) is 77.2 Å². The molecule has 0 unspecified atom stereocenters. The Morgan fingerprint density at radius 1 is 0.524 bits per heavy atom. The number of fused-ring (bicyclic) bond motifs is 3. The normalized spacial score (nSPS) is 14.7. The molecule has 0 aliphatic heterocycles. The molecule has 3 aliphatic carbocycles. The van der Waals surface area contributed by atoms with Gasteiger partial charge in [-0.15, -0.1) is 11.3 Å². The van der Waals surface area contributed by atoms with Gasteiger partial charge in [-0.05, 0) is 122 Å². The molecule has 9 aromatic rings. The zero-order chi connectivity index (χ0) is 58.2. The molecule has 0 aromatic carbocycles. The Hall–Kier alpha value is -7.74. The van der Waals surface area contributed by atoms with Crippen LogP contribution in [0.15, 0.2) is 84.4 Å². The molecule has 3 saturated carbocycles. The molecule has 25 heteroatoms. The molecular weight excluding hydrogens is 1070 g/mol. The minimum atomic E-state index is -1.06. The van der Waals surface area contributed by atoms with Gasteiger partial charge in [-0.1, -0.05) is 19.6 Å². The van der Waals surface area contributed by atoms with E-state index in [0.29, 0.717) is 78.9 Å². The van der Waals surface area contributed by atoms with Gasteiger partial charge in [0.2, 0.25) is 0 Å². The lowest BCUT2D eigenvalue weighted by atomic mass is 10.0. The minimum Gasteiger partial charge on any atom is -0.386 e. The van der Waals surface area contributed by atoms with E-state index in [-0.39, 0.29) is 43.7 Å². The summed E-state index contributed by atoms with van der Waals surface area (Å²) in [7, 11) is 4.88. The number of aliphatic hydroxyl groups is 3. The third-order valence-electron chi connectivity index (χ3n) is 15.1. The number of pyridine rings is 2. The fourth-order valence-corrected chi connectivity index (χ4v) is 10.5. The molecule has 12 rings (SSSR count). The number of imidazole rings is 3. The van der Waals surface area contributed by atoms with E-state index < -0.39 is 33.9 Å². The van der Waals surface area contributed by atoms with Crippen molar-refractivity contribution in [3.8, 4) is 0 Å². The molecule has 0 amide bonds. The monoisotopic (exact) mass is 1140 g/mol. The average molecular weight is 1140 g/mol. The summed E-state index contributed by atoms with van der Waals surface area (Å²) in [6.45, 7) is 14.4. The molecule has 3 fully saturated rings. The number of thiazole rings is 1. The van der Waals surface area contributed by atoms with Crippen LogP contribution in [0.4, 0.5) is 0 Å². The van der Waals surface area contributed by atoms with Crippen molar-refractivity contribution < 1.29 is 15.3 Å². The first-order valence-corrected chi connectivity index (χ1v) is 28.0. The molecule has 0 radical (unpaired) electrons. The van der Waals surface area contributed by atoms with Gasteiger partial charge in [-0.3, -0.25) is 51.8 Å². The summed E-state index contributed by atoms with van der Waals surface area (Å²) in [5.74, 6) is 1.76. The van der Waals surface area contributed by atoms with Gasteiger partial charge in [0.1, 0.15) is 16.2 Å². The van der Waals surface area contributed by atoms with Crippen LogP contribution in [0.1, 0.15) is 126 Å². The average Bonchev–Trinajstić information content (AvgIpc) is 4.32. The lowest BCUT2D eigenvalue weighted by Crippen LogP contribution is -2.40. The number of nitrogens with zero attached hydrogens (tertiary/aromatic N) is 15. The van der Waals surface area contributed by atoms with Crippen LogP contribution in [-0.4, -0.2) is 86.3 Å². The summed E-state index contributed by atoms with van der Waals surface area (Å²) in [6, 6.07) is 6.97. The first-order valence-electron chi connectivity index (χ1n) is 27.2. The minimum absolute atomic E-state index is 0. The second-order valence-electron chi connectivity index (χ2n) is 23.5. The Kier molecular flexibility index (Phi) is 15.9. The number of aromatic nitrogens is 15. The fraction of sp³-hybridized carbons (Fsp3) is 0.509. The maximum atomic E-state index is 13.1. The number of hydrogen-bond acceptors (Lipinski definition) is 16. The molecule has 0 saturated heterocycles. The molecule has 0 bridgehead atoms. The van der Waals surface area contributed by atoms with Crippen molar-refractivity contribution >= 4 is 44.8 Å². The second kappa shape index (κ2) is 22.2. The summed E-state index contributed by atoms with van der Waals surface area (Å²) in [6.07, 6.45) is 15.1. The van der Waals surface area contributed by atoms with Crippen LogP contribution in [0.3, 0.4) is 0 Å². The Balaban J connectivity index is 0.000000147. The SMILES string of the molecule is C.Cc1sc(C(C)(C)O)nc1Cn1c(=O)c2c(ncn2CC2CC2)n(C)c1=O.Cn1c(=O)n(Cc2ccc(C(C)(C)O)cn2)c(=O)c2c1ncn2CC1CC1.Cn1c(=O)n(Cc2ccc(C(C)(C)O)nc2)c(=O)c2c1ncn2CC1CC1. The van der Waals surface area contributed by atoms with E-state index in [1.54, 1.807) is 118 Å². The van der Waals surface area contributed by atoms with Gasteiger partial charge in [0.05, 0.1) is 61.3 Å². The van der Waals surface area contributed by atoms with Gasteiger partial charge in [-0.25, -0.2) is 34.3 Å². The van der Waals surface area contributed by atoms with E-state index in [1.165, 1.54) is 51.6 Å². The van der Waals surface area contributed by atoms with Crippen molar-refractivity contribution in [1.82, 2.24) is 71.0 Å². The maximum Gasteiger partial charge on any atom is 0.332 e. The number of aryl methyl sites for hydroxylation is 4. The predicted octanol–water partition coefficient (Wildman–Crippen LogP) is 3.94. The van der Waals surface area contributed by atoms with E-state index in [0.717, 1.165) is 55.8 Å². The Morgan fingerprint density at radius 3 is 1.29 bits per heavy atom. The van der Waals surface area contributed by atoms with Crippen LogP contribution in [0.5, 0.6) is 0 Å². The summed E-state index contributed by atoms with van der Waals surface area (Å²) < 4.78 is 13.4. The van der Waals surface area contributed by atoms with Gasteiger partial charge in [0, 0.05) is 63.6 Å². The summed E-state index contributed by atoms with van der Waals surface area (Å²) in [4.78, 5) is 104. The second-order valence-corrected chi connectivity index (χ2v) is 24.7. The van der Waals surface area contributed by atoms with Crippen molar-refractivity contribution in [3.05, 3.63) is 156 Å². The fourth-order valence-electron chi connectivity index (χ4n) is 9.63. The Bertz CT molecular complexity index is 4050. The Morgan fingerprint density at radius 2 is 0.951 bits per heavy atom. The highest BCUT2D eigenvalue weighted by Gasteiger charge is 2.29. The van der Waals surface area contributed by atoms with E-state index in [2.05, 4.69) is 29.9 Å². The summed E-state index contributed by atoms with van der Waals surface area (Å²) >= 11 is 1.38. The van der Waals surface area contributed by atoms with Gasteiger partial charge in [0.15, 0.2) is 33.5 Å². The first kappa shape index (κ1) is 58.9. The highest BCUT2D eigenvalue weighted by atomic mass is 32.1. The molecule has 0 spiro atoms. The molecule has 436 valence electrons. The lowest BCUT2D eigenvalue weighted by Gasteiger charge is -2.17. The van der Waals surface area contributed by atoms with Crippen LogP contribution in [0, 0.1) is 24.7 Å². The molecule has 9 aromatic heterocycles. The third-order valence-corrected chi connectivity index (χ3v) is 16.5. The van der Waals surface area contributed by atoms with Crippen LogP contribution >= 0.6 is 11.3 Å². The van der Waals surface area contributed by atoms with E-state index in [1.807, 2.05) is 20.6 Å². The van der Waals surface area contributed by atoms with Crippen LogP contribution in [0.2, 0.25) is 0 Å². The predicted molar refractivity (Wildman–Crippen MR) is 311 cm³/mol. The van der Waals surface area contributed by atoms with E-state index in [9.17, 15) is 44.1 Å². The standard InChI is InChI=1S/2C19H23N5O3.C18H23N5O3S.CH4/c1-19(2,27)13-6-7-14(20-8-13)10-24-17(25)15-16(22(3)18(24)26)21-11-23(15)9-12-4-5-12;1-19(2,27)14-7-6-13(8-20-14)10-24-17(25)15-16(22(3)18(24)26)21-11-23(15)9-12-4-5-12;1-10-12(20-16(27-10)18(2,3)26)8-23-15(24)13-14(21(4)17(23)25)19-9-22(13)7-11-5-6-11;/h2*6-8,11-12,27H,4-5,9-10H2,1-3H3;9,11,26H,5-8H2,1-4H3;1H4. The summed E-state index contributed by atoms with van der Waals surface area (Å²) in [5, 5.41) is 30.8. The van der Waals surface area contributed by atoms with Gasteiger partial charge >= 0.3 is 17.1 Å². The molecule has 9 heterocycles. The van der Waals surface area contributed by atoms with Crippen molar-refractivity contribution in [2.45, 2.75) is 150 Å². The Labute approximate surface area is 474 Å². The first-order chi connectivity index (χ1) is 38.2. The molecular formula is C57H73N15O9S. The lowest BCUT2D eigenvalue weighted by molar-refractivity contribution is 0.0737. The molecule has 24 nitrogen and oxygen atoms in total. The number of hydrogen-bond donors (Lipinski definition) is 3. The smallest absolute Gasteiger partial charge is 0.332 e. The van der Waals surface area contributed by atoms with Crippen molar-refractivity contribution in [2.24, 2.45) is 38.9 Å². The van der Waals surface area contributed by atoms with E-state index in [4.69, 9.17) is 0 Å². The van der Waals surface area contributed by atoms with Crippen molar-refractivity contribution in [2.75, 3.05) is 0 Å². The maximum absolute atomic E-state index is 13.1. The topological polar surface area (TPSA) is 285 Å². The van der Waals surface area contributed by atoms with Gasteiger partial charge < -0.3 is 29.0 Å². The zero-order valence-corrected chi connectivity index (χ0v) is 48.1. The highest BCUT2D eigenvalue weighted by molar-refractivity contribution is 7.11. The van der Waals surface area contributed by atoms with Gasteiger partial charge in [-0.2, -0.15) is 0 Å². The molecule has 3 aliphatic rings. The van der Waals surface area contributed by atoms with Crippen LogP contribution < -0.4 is 33.7 Å². The largest absolute Gasteiger partial charge is 0.386 e. The zero-order valence-electron chi connectivity index (χ0n) is 47.3. The quantitative estimate of drug-likeness (QED) is 0.131. The van der Waals surface area contributed by atoms with E-state index >= 15 is 0 Å². The molecule has 0 atom stereocenters. The highest BCUT2D eigenvalue weighted by Crippen LogP contribution is 2.33. The van der Waals surface area contributed by atoms with Crippen molar-refractivity contribution in [3.63, 3.8) is 0 Å². The number of rotatable bonds is 15. The van der Waals surface area contributed by atoms with Gasteiger partial charge in [0.25, 0.3) is 16.7 Å². The third kappa shape index (κ3) is 12.1. The van der Waals surface area contributed by atoms with Crippen LogP contribution in [0.25, 0.3) is 33.5 Å². The molecule has 3 N–H and O–H groups in total. The molecule has 82 heavy (non-hydrogen) atoms. The van der Waals surface area contributed by atoms with Crippen molar-refractivity contribution in [1.29, 1.82) is 0 Å².